The van der Waals surface area contributed by atoms with E-state index in [2.05, 4.69) is 10.6 Å². The Kier molecular flexibility index (Phi) is 2.51. The third kappa shape index (κ3) is 2.19. The van der Waals surface area contributed by atoms with Gasteiger partial charge in [0.1, 0.15) is 0 Å². The van der Waals surface area contributed by atoms with E-state index in [1.165, 1.54) is 0 Å². The molecule has 1 aliphatic heterocycles. The number of aliphatic hydroxyl groups excluding tert-OH is 1. The topological polar surface area (TPSA) is 61.4 Å². The lowest BCUT2D eigenvalue weighted by molar-refractivity contribution is -0.122. The Morgan fingerprint density at radius 3 is 2.85 bits per heavy atom. The number of carbonyl (C=O) groups excluding carboxylic acids is 1. The van der Waals surface area contributed by atoms with Crippen LogP contribution in [0.5, 0.6) is 0 Å². The first-order valence-electron chi connectivity index (χ1n) is 4.94. The minimum absolute atomic E-state index is 0.162. The first-order valence-corrected chi connectivity index (χ1v) is 4.94. The smallest absolute Gasteiger partial charge is 0.223 e. The minimum atomic E-state index is 0.162. The van der Waals surface area contributed by atoms with Crippen molar-refractivity contribution < 1.29 is 9.90 Å². The van der Waals surface area contributed by atoms with Crippen molar-refractivity contribution in [3.63, 3.8) is 0 Å². The SMILES string of the molecule is O=C(NC1CNC(CO)C1)C1CC1. The van der Waals surface area contributed by atoms with Gasteiger partial charge in [-0.2, -0.15) is 0 Å². The Morgan fingerprint density at radius 2 is 2.31 bits per heavy atom. The van der Waals surface area contributed by atoms with Crippen molar-refractivity contribution in [2.45, 2.75) is 31.3 Å². The molecule has 1 heterocycles. The lowest BCUT2D eigenvalue weighted by Crippen LogP contribution is -2.37. The molecule has 13 heavy (non-hydrogen) atoms. The number of amides is 1. The van der Waals surface area contributed by atoms with E-state index in [-0.39, 0.29) is 30.5 Å². The van der Waals surface area contributed by atoms with Crippen LogP contribution >= 0.6 is 0 Å². The van der Waals surface area contributed by atoms with Gasteiger partial charge in [-0.05, 0) is 19.3 Å². The molecule has 1 amide bonds. The highest BCUT2D eigenvalue weighted by Gasteiger charge is 2.32. The van der Waals surface area contributed by atoms with Gasteiger partial charge in [-0.3, -0.25) is 4.79 Å². The van der Waals surface area contributed by atoms with Crippen molar-refractivity contribution in [1.29, 1.82) is 0 Å². The molecular formula is C9H16N2O2. The van der Waals surface area contributed by atoms with Gasteiger partial charge < -0.3 is 15.7 Å². The molecule has 2 unspecified atom stereocenters. The fourth-order valence-corrected chi connectivity index (χ4v) is 1.73. The molecule has 1 saturated heterocycles. The molecule has 0 bridgehead atoms. The quantitative estimate of drug-likeness (QED) is 0.540. The molecule has 2 fully saturated rings. The van der Waals surface area contributed by atoms with E-state index in [0.29, 0.717) is 0 Å². The highest BCUT2D eigenvalue weighted by atomic mass is 16.3. The van der Waals surface area contributed by atoms with Crippen LogP contribution in [0.1, 0.15) is 19.3 Å². The van der Waals surface area contributed by atoms with Gasteiger partial charge in [0.15, 0.2) is 0 Å². The summed E-state index contributed by atoms with van der Waals surface area (Å²) in [6, 6.07) is 0.398. The maximum Gasteiger partial charge on any atom is 0.223 e. The van der Waals surface area contributed by atoms with Crippen molar-refractivity contribution in [2.24, 2.45) is 5.92 Å². The maximum absolute atomic E-state index is 11.4. The number of hydrogen-bond acceptors (Lipinski definition) is 3. The van der Waals surface area contributed by atoms with Crippen molar-refractivity contribution in [2.75, 3.05) is 13.2 Å². The van der Waals surface area contributed by atoms with E-state index < -0.39 is 0 Å². The predicted octanol–water partition coefficient (Wildman–Crippen LogP) is -0.765. The lowest BCUT2D eigenvalue weighted by atomic mass is 10.2. The molecule has 4 heteroatoms. The van der Waals surface area contributed by atoms with Gasteiger partial charge in [0, 0.05) is 24.5 Å². The standard InChI is InChI=1S/C9H16N2O2/c12-5-8-3-7(4-10-8)11-9(13)6-1-2-6/h6-8,10,12H,1-5H2,(H,11,13). The summed E-state index contributed by atoms with van der Waals surface area (Å²) < 4.78 is 0. The fraction of sp³-hybridized carbons (Fsp3) is 0.889. The van der Waals surface area contributed by atoms with E-state index in [1.807, 2.05) is 0 Å². The molecule has 1 aliphatic carbocycles. The Balaban J connectivity index is 1.73. The van der Waals surface area contributed by atoms with Gasteiger partial charge in [-0.15, -0.1) is 0 Å². The van der Waals surface area contributed by atoms with Crippen LogP contribution in [-0.2, 0) is 4.79 Å². The second kappa shape index (κ2) is 3.64. The first-order chi connectivity index (χ1) is 6.29. The summed E-state index contributed by atoms with van der Waals surface area (Å²) in [5.41, 5.74) is 0. The first kappa shape index (κ1) is 8.97. The number of nitrogens with one attached hydrogen (secondary N) is 2. The van der Waals surface area contributed by atoms with Crippen LogP contribution < -0.4 is 10.6 Å². The zero-order valence-electron chi connectivity index (χ0n) is 7.62. The molecule has 4 nitrogen and oxygen atoms in total. The Labute approximate surface area is 77.7 Å². The molecule has 0 aromatic heterocycles. The number of hydrogen-bond donors (Lipinski definition) is 3. The van der Waals surface area contributed by atoms with Gasteiger partial charge in [-0.1, -0.05) is 0 Å². The fourth-order valence-electron chi connectivity index (χ4n) is 1.73. The zero-order valence-corrected chi connectivity index (χ0v) is 7.62. The average molecular weight is 184 g/mol. The molecule has 2 atom stereocenters. The Hall–Kier alpha value is -0.610. The second-order valence-corrected chi connectivity index (χ2v) is 4.00. The molecule has 2 rings (SSSR count). The van der Waals surface area contributed by atoms with E-state index in [1.54, 1.807) is 0 Å². The third-order valence-corrected chi connectivity index (χ3v) is 2.74. The van der Waals surface area contributed by atoms with Gasteiger partial charge in [0.25, 0.3) is 0 Å². The lowest BCUT2D eigenvalue weighted by Gasteiger charge is -2.10. The summed E-state index contributed by atoms with van der Waals surface area (Å²) in [6.45, 7) is 0.958. The summed E-state index contributed by atoms with van der Waals surface area (Å²) in [7, 11) is 0. The van der Waals surface area contributed by atoms with E-state index in [4.69, 9.17) is 5.11 Å². The number of carbonyl (C=O) groups is 1. The van der Waals surface area contributed by atoms with Crippen LogP contribution in [0.25, 0.3) is 0 Å². The van der Waals surface area contributed by atoms with E-state index >= 15 is 0 Å². The van der Waals surface area contributed by atoms with Crippen molar-refractivity contribution >= 4 is 5.91 Å². The largest absolute Gasteiger partial charge is 0.395 e. The van der Waals surface area contributed by atoms with Crippen LogP contribution in [0.4, 0.5) is 0 Å². The van der Waals surface area contributed by atoms with Crippen molar-refractivity contribution in [1.82, 2.24) is 10.6 Å². The van der Waals surface area contributed by atoms with E-state index in [0.717, 1.165) is 25.8 Å². The average Bonchev–Trinajstić information content (AvgIpc) is 2.88. The molecule has 74 valence electrons. The highest BCUT2D eigenvalue weighted by molar-refractivity contribution is 5.81. The van der Waals surface area contributed by atoms with Gasteiger partial charge in [0.05, 0.1) is 6.61 Å². The monoisotopic (exact) mass is 184 g/mol. The van der Waals surface area contributed by atoms with Gasteiger partial charge >= 0.3 is 0 Å². The number of rotatable bonds is 3. The third-order valence-electron chi connectivity index (χ3n) is 2.74. The summed E-state index contributed by atoms with van der Waals surface area (Å²) in [6.07, 6.45) is 2.96. The molecular weight excluding hydrogens is 168 g/mol. The maximum atomic E-state index is 11.4. The summed E-state index contributed by atoms with van der Waals surface area (Å²) in [5, 5.41) is 15.0. The molecule has 0 aromatic rings. The van der Waals surface area contributed by atoms with Gasteiger partial charge in [0.2, 0.25) is 5.91 Å². The minimum Gasteiger partial charge on any atom is -0.395 e. The molecule has 0 radical (unpaired) electrons. The summed E-state index contributed by atoms with van der Waals surface area (Å²) >= 11 is 0. The van der Waals surface area contributed by atoms with Crippen LogP contribution in [-0.4, -0.2) is 36.2 Å². The molecule has 0 aromatic carbocycles. The Morgan fingerprint density at radius 1 is 1.54 bits per heavy atom. The normalized spacial score (nSPS) is 33.3. The molecule has 1 saturated carbocycles. The summed E-state index contributed by atoms with van der Waals surface area (Å²) in [5.74, 6) is 0.485. The zero-order chi connectivity index (χ0) is 9.26. The van der Waals surface area contributed by atoms with E-state index in [9.17, 15) is 4.79 Å². The van der Waals surface area contributed by atoms with Crippen molar-refractivity contribution in [3.8, 4) is 0 Å². The molecule has 0 spiro atoms. The number of aliphatic hydroxyl groups is 1. The molecule has 3 N–H and O–H groups in total. The Bertz CT molecular complexity index is 204. The molecule has 2 aliphatic rings. The highest BCUT2D eigenvalue weighted by Crippen LogP contribution is 2.29. The van der Waals surface area contributed by atoms with Crippen molar-refractivity contribution in [3.05, 3.63) is 0 Å². The van der Waals surface area contributed by atoms with Crippen LogP contribution in [0.3, 0.4) is 0 Å². The van der Waals surface area contributed by atoms with Crippen LogP contribution in [0, 0.1) is 5.92 Å². The summed E-state index contributed by atoms with van der Waals surface area (Å²) in [4.78, 5) is 11.4. The second-order valence-electron chi connectivity index (χ2n) is 4.00. The van der Waals surface area contributed by atoms with Crippen LogP contribution in [0.2, 0.25) is 0 Å². The predicted molar refractivity (Wildman–Crippen MR) is 48.1 cm³/mol. The van der Waals surface area contributed by atoms with Crippen LogP contribution in [0.15, 0.2) is 0 Å². The van der Waals surface area contributed by atoms with Gasteiger partial charge in [-0.25, -0.2) is 0 Å².